The van der Waals surface area contributed by atoms with Crippen molar-refractivity contribution in [2.75, 3.05) is 18.0 Å². The highest BCUT2D eigenvalue weighted by Gasteiger charge is 2.25. The second kappa shape index (κ2) is 8.22. The van der Waals surface area contributed by atoms with Crippen molar-refractivity contribution in [1.82, 2.24) is 14.5 Å². The number of halogens is 1. The molecule has 1 aromatic carbocycles. The molecule has 1 atom stereocenters. The molecule has 9 heteroatoms. The summed E-state index contributed by atoms with van der Waals surface area (Å²) in [4.78, 5) is 23.6. The van der Waals surface area contributed by atoms with Crippen molar-refractivity contribution in [3.05, 3.63) is 68.5 Å². The second-order valence-electron chi connectivity index (χ2n) is 8.00. The van der Waals surface area contributed by atoms with E-state index in [2.05, 4.69) is 11.1 Å². The van der Waals surface area contributed by atoms with Gasteiger partial charge in [0.1, 0.15) is 16.9 Å². The molecule has 0 spiro atoms. The number of nitriles is 1. The lowest BCUT2D eigenvalue weighted by Crippen LogP contribution is -2.45. The minimum Gasteiger partial charge on any atom is -0.355 e. The van der Waals surface area contributed by atoms with Crippen molar-refractivity contribution in [1.29, 1.82) is 5.26 Å². The molecule has 32 heavy (non-hydrogen) atoms. The number of hydrogen-bond acceptors (Lipinski definition) is 6. The Morgan fingerprint density at radius 2 is 2.25 bits per heavy atom. The summed E-state index contributed by atoms with van der Waals surface area (Å²) >= 11 is 1.58. The standard InChI is InChI=1S/C23H21FN6OS/c24-17-4-3-14(9-25)16(8-17)11-30-22(31)21-20(19(10-27-21)15-5-7-32-13-15)28-23(30)29-6-1-2-18(26)12-29/h3-5,7-8,10,13,18,27H,1-2,6,11-12,26H2/t18-/m1/s1. The van der Waals surface area contributed by atoms with E-state index in [0.717, 1.165) is 30.5 Å². The van der Waals surface area contributed by atoms with Crippen molar-refractivity contribution < 1.29 is 4.39 Å². The van der Waals surface area contributed by atoms with Crippen molar-refractivity contribution >= 4 is 28.3 Å². The summed E-state index contributed by atoms with van der Waals surface area (Å²) in [7, 11) is 0. The van der Waals surface area contributed by atoms with Crippen LogP contribution in [0.3, 0.4) is 0 Å². The van der Waals surface area contributed by atoms with E-state index in [1.807, 2.05) is 21.7 Å². The Kier molecular flexibility index (Phi) is 5.25. The molecule has 0 unspecified atom stereocenters. The molecule has 0 saturated carbocycles. The highest BCUT2D eigenvalue weighted by Crippen LogP contribution is 2.30. The van der Waals surface area contributed by atoms with Crippen LogP contribution in [0.2, 0.25) is 0 Å². The average Bonchev–Trinajstić information content (AvgIpc) is 3.45. The van der Waals surface area contributed by atoms with E-state index in [1.54, 1.807) is 17.5 Å². The molecule has 162 valence electrons. The van der Waals surface area contributed by atoms with Crippen LogP contribution in [0.4, 0.5) is 10.3 Å². The average molecular weight is 449 g/mol. The molecule has 7 nitrogen and oxygen atoms in total. The van der Waals surface area contributed by atoms with Gasteiger partial charge in [-0.05, 0) is 59.0 Å². The summed E-state index contributed by atoms with van der Waals surface area (Å²) in [5, 5.41) is 13.5. The minimum atomic E-state index is -0.456. The van der Waals surface area contributed by atoms with Crippen LogP contribution in [0.1, 0.15) is 24.0 Å². The van der Waals surface area contributed by atoms with Crippen LogP contribution in [-0.4, -0.2) is 33.7 Å². The van der Waals surface area contributed by atoms with Crippen molar-refractivity contribution in [3.63, 3.8) is 0 Å². The lowest BCUT2D eigenvalue weighted by atomic mass is 10.1. The van der Waals surface area contributed by atoms with Gasteiger partial charge in [0.15, 0.2) is 0 Å². The summed E-state index contributed by atoms with van der Waals surface area (Å²) in [6.07, 6.45) is 3.60. The number of nitrogens with two attached hydrogens (primary N) is 1. The van der Waals surface area contributed by atoms with Gasteiger partial charge in [-0.3, -0.25) is 9.36 Å². The Morgan fingerprint density at radius 3 is 3.00 bits per heavy atom. The van der Waals surface area contributed by atoms with Crippen molar-refractivity contribution in [2.45, 2.75) is 25.4 Å². The Hall–Kier alpha value is -3.48. The van der Waals surface area contributed by atoms with E-state index in [9.17, 15) is 14.4 Å². The molecule has 4 heterocycles. The fourth-order valence-electron chi connectivity index (χ4n) is 4.27. The number of aromatic amines is 1. The second-order valence-corrected chi connectivity index (χ2v) is 8.78. The van der Waals surface area contributed by atoms with Crippen LogP contribution in [0, 0.1) is 17.1 Å². The number of aromatic nitrogens is 3. The predicted molar refractivity (Wildman–Crippen MR) is 123 cm³/mol. The van der Waals surface area contributed by atoms with Gasteiger partial charge in [-0.1, -0.05) is 0 Å². The summed E-state index contributed by atoms with van der Waals surface area (Å²) < 4.78 is 15.5. The summed E-state index contributed by atoms with van der Waals surface area (Å²) in [6.45, 7) is 1.33. The molecule has 0 radical (unpaired) electrons. The molecular formula is C23H21FN6OS. The van der Waals surface area contributed by atoms with Crippen LogP contribution in [0.25, 0.3) is 22.2 Å². The van der Waals surface area contributed by atoms with Gasteiger partial charge in [-0.15, -0.1) is 0 Å². The molecule has 3 aromatic heterocycles. The smallest absolute Gasteiger partial charge is 0.279 e. The van der Waals surface area contributed by atoms with Crippen LogP contribution < -0.4 is 16.2 Å². The van der Waals surface area contributed by atoms with Gasteiger partial charge in [0, 0.05) is 30.9 Å². The molecule has 1 saturated heterocycles. The predicted octanol–water partition coefficient (Wildman–Crippen LogP) is 3.44. The Labute approximate surface area is 187 Å². The topological polar surface area (TPSA) is 104 Å². The summed E-state index contributed by atoms with van der Waals surface area (Å²) in [6, 6.07) is 8.03. The zero-order valence-electron chi connectivity index (χ0n) is 17.2. The molecule has 3 N–H and O–H groups in total. The Bertz CT molecular complexity index is 1380. The number of piperidine rings is 1. The van der Waals surface area contributed by atoms with Gasteiger partial charge < -0.3 is 15.6 Å². The maximum Gasteiger partial charge on any atom is 0.279 e. The number of thiophene rings is 1. The lowest BCUT2D eigenvalue weighted by molar-refractivity contribution is 0.491. The number of hydrogen-bond donors (Lipinski definition) is 2. The van der Waals surface area contributed by atoms with E-state index in [1.165, 1.54) is 22.8 Å². The van der Waals surface area contributed by atoms with Crippen LogP contribution in [0.15, 0.2) is 46.0 Å². The van der Waals surface area contributed by atoms with Crippen LogP contribution >= 0.6 is 11.3 Å². The van der Waals surface area contributed by atoms with Gasteiger partial charge >= 0.3 is 0 Å². The number of nitrogens with one attached hydrogen (secondary N) is 1. The fraction of sp³-hybridized carbons (Fsp3) is 0.261. The van der Waals surface area contributed by atoms with Crippen LogP contribution in [-0.2, 0) is 6.54 Å². The zero-order chi connectivity index (χ0) is 22.2. The first-order valence-electron chi connectivity index (χ1n) is 10.4. The van der Waals surface area contributed by atoms with E-state index in [4.69, 9.17) is 10.7 Å². The number of fused-ring (bicyclic) bond motifs is 1. The minimum absolute atomic E-state index is 0.0174. The molecule has 0 bridgehead atoms. The van der Waals surface area contributed by atoms with E-state index >= 15 is 0 Å². The first-order valence-corrected chi connectivity index (χ1v) is 11.3. The molecule has 1 aliphatic heterocycles. The summed E-state index contributed by atoms with van der Waals surface area (Å²) in [5.74, 6) is 0.0316. The fourth-order valence-corrected chi connectivity index (χ4v) is 4.92. The molecular weight excluding hydrogens is 427 g/mol. The molecule has 1 aliphatic rings. The van der Waals surface area contributed by atoms with E-state index < -0.39 is 5.82 Å². The first-order chi connectivity index (χ1) is 15.5. The Morgan fingerprint density at radius 1 is 1.38 bits per heavy atom. The van der Waals surface area contributed by atoms with Gasteiger partial charge in [-0.2, -0.15) is 16.6 Å². The van der Waals surface area contributed by atoms with Crippen molar-refractivity contribution in [2.24, 2.45) is 5.73 Å². The SMILES string of the molecule is N#Cc1ccc(F)cc1Cn1c(N2CCC[C@@H](N)C2)nc2c(-c3ccsc3)c[nH]c2c1=O. The highest BCUT2D eigenvalue weighted by molar-refractivity contribution is 7.08. The lowest BCUT2D eigenvalue weighted by Gasteiger charge is -2.33. The molecule has 1 fully saturated rings. The number of rotatable bonds is 4. The number of anilines is 1. The normalized spacial score (nSPS) is 16.4. The number of H-pyrrole nitrogens is 1. The molecule has 5 rings (SSSR count). The third-order valence-electron chi connectivity index (χ3n) is 5.85. The zero-order valence-corrected chi connectivity index (χ0v) is 18.0. The Balaban J connectivity index is 1.71. The first kappa shape index (κ1) is 20.4. The van der Waals surface area contributed by atoms with Gasteiger partial charge in [0.05, 0.1) is 18.2 Å². The van der Waals surface area contributed by atoms with Gasteiger partial charge in [-0.25, -0.2) is 9.37 Å². The quantitative estimate of drug-likeness (QED) is 0.498. The van der Waals surface area contributed by atoms with Crippen molar-refractivity contribution in [3.8, 4) is 17.2 Å². The summed E-state index contributed by atoms with van der Waals surface area (Å²) in [5.41, 5.74) is 9.53. The number of benzene rings is 1. The molecule has 0 amide bonds. The third kappa shape index (κ3) is 3.57. The van der Waals surface area contributed by atoms with E-state index in [-0.39, 0.29) is 18.1 Å². The maximum atomic E-state index is 14.0. The maximum absolute atomic E-state index is 14.0. The monoisotopic (exact) mass is 448 g/mol. The largest absolute Gasteiger partial charge is 0.355 e. The van der Waals surface area contributed by atoms with Crippen LogP contribution in [0.5, 0.6) is 0 Å². The highest BCUT2D eigenvalue weighted by atomic mass is 32.1. The molecule has 0 aliphatic carbocycles. The molecule has 4 aromatic rings. The third-order valence-corrected chi connectivity index (χ3v) is 6.54. The van der Waals surface area contributed by atoms with E-state index in [0.29, 0.717) is 34.7 Å². The van der Waals surface area contributed by atoms with Gasteiger partial charge in [0.25, 0.3) is 5.56 Å². The number of nitrogens with zero attached hydrogens (tertiary/aromatic N) is 4. The van der Waals surface area contributed by atoms with Gasteiger partial charge in [0.2, 0.25) is 5.95 Å².